The molecular formula is C15H19NO5S. The highest BCUT2D eigenvalue weighted by molar-refractivity contribution is 7.89. The first-order valence-corrected chi connectivity index (χ1v) is 8.65. The van der Waals surface area contributed by atoms with E-state index in [1.54, 1.807) is 12.1 Å². The lowest BCUT2D eigenvalue weighted by Crippen LogP contribution is -2.35. The molecule has 1 amide bonds. The van der Waals surface area contributed by atoms with E-state index in [4.69, 9.17) is 4.74 Å². The average Bonchev–Trinajstić information content (AvgIpc) is 2.43. The third kappa shape index (κ3) is 6.09. The van der Waals surface area contributed by atoms with Gasteiger partial charge in [0.1, 0.15) is 0 Å². The molecule has 0 aliphatic heterocycles. The highest BCUT2D eigenvalue weighted by Crippen LogP contribution is 2.11. The van der Waals surface area contributed by atoms with Gasteiger partial charge in [-0.15, -0.1) is 6.58 Å². The lowest BCUT2D eigenvalue weighted by atomic mass is 10.1. The predicted octanol–water partition coefficient (Wildman–Crippen LogP) is 1.08. The summed E-state index contributed by atoms with van der Waals surface area (Å²) in [4.78, 5) is 23.6. The minimum absolute atomic E-state index is 0.163. The molecule has 1 rings (SSSR count). The van der Waals surface area contributed by atoms with Gasteiger partial charge in [0.25, 0.3) is 5.91 Å². The van der Waals surface area contributed by atoms with Crippen molar-refractivity contribution in [1.82, 2.24) is 5.32 Å². The number of sulfone groups is 1. The number of benzene rings is 1. The Labute approximate surface area is 130 Å². The molecule has 7 heteroatoms. The van der Waals surface area contributed by atoms with Gasteiger partial charge in [0.2, 0.25) is 0 Å². The molecular weight excluding hydrogens is 306 g/mol. The Morgan fingerprint density at radius 3 is 2.68 bits per heavy atom. The van der Waals surface area contributed by atoms with Crippen LogP contribution in [0, 0.1) is 0 Å². The van der Waals surface area contributed by atoms with Crippen LogP contribution >= 0.6 is 0 Å². The lowest BCUT2D eigenvalue weighted by Gasteiger charge is -2.13. The number of rotatable bonds is 7. The van der Waals surface area contributed by atoms with Crippen LogP contribution in [0.3, 0.4) is 0 Å². The number of nitrogens with one attached hydrogen (secondary N) is 1. The molecule has 0 radical (unpaired) electrons. The third-order valence-electron chi connectivity index (χ3n) is 2.67. The molecule has 0 aliphatic rings. The highest BCUT2D eigenvalue weighted by atomic mass is 32.2. The molecule has 6 nitrogen and oxygen atoms in total. The number of hydrogen-bond donors (Lipinski definition) is 1. The molecule has 1 N–H and O–H groups in total. The first kappa shape index (κ1) is 17.9. The molecule has 120 valence electrons. The molecule has 0 saturated heterocycles. The van der Waals surface area contributed by atoms with Gasteiger partial charge in [-0.2, -0.15) is 0 Å². The molecule has 0 unspecified atom stereocenters. The number of ether oxygens (including phenoxy) is 1. The Kier molecular flexibility index (Phi) is 6.30. The second-order valence-electron chi connectivity index (χ2n) is 4.85. The fraction of sp³-hybridized carbons (Fsp3) is 0.333. The highest BCUT2D eigenvalue weighted by Gasteiger charge is 2.18. The summed E-state index contributed by atoms with van der Waals surface area (Å²) >= 11 is 0. The monoisotopic (exact) mass is 325 g/mol. The van der Waals surface area contributed by atoms with E-state index >= 15 is 0 Å². The fourth-order valence-electron chi connectivity index (χ4n) is 1.69. The number of esters is 1. The average molecular weight is 325 g/mol. The Morgan fingerprint density at radius 2 is 2.09 bits per heavy atom. The van der Waals surface area contributed by atoms with E-state index in [9.17, 15) is 18.0 Å². The van der Waals surface area contributed by atoms with Crippen LogP contribution < -0.4 is 5.32 Å². The van der Waals surface area contributed by atoms with E-state index in [1.807, 2.05) is 0 Å². The maximum absolute atomic E-state index is 12.0. The molecule has 0 spiro atoms. The quantitative estimate of drug-likeness (QED) is 0.598. The van der Waals surface area contributed by atoms with Gasteiger partial charge in [0.15, 0.2) is 15.9 Å². The van der Waals surface area contributed by atoms with Gasteiger partial charge in [-0.05, 0) is 24.6 Å². The van der Waals surface area contributed by atoms with E-state index in [2.05, 4.69) is 11.9 Å². The second kappa shape index (κ2) is 7.74. The summed E-state index contributed by atoms with van der Waals surface area (Å²) in [5, 5.41) is 2.52. The van der Waals surface area contributed by atoms with E-state index in [0.717, 1.165) is 6.26 Å². The van der Waals surface area contributed by atoms with Gasteiger partial charge < -0.3 is 10.1 Å². The third-order valence-corrected chi connectivity index (χ3v) is 3.52. The molecule has 1 atom stereocenters. The molecule has 0 heterocycles. The van der Waals surface area contributed by atoms with Crippen molar-refractivity contribution in [3.8, 4) is 0 Å². The summed E-state index contributed by atoms with van der Waals surface area (Å²) in [7, 11) is -3.19. The van der Waals surface area contributed by atoms with Gasteiger partial charge in [-0.25, -0.2) is 13.2 Å². The van der Waals surface area contributed by atoms with Crippen molar-refractivity contribution in [2.45, 2.75) is 18.8 Å². The smallest absolute Gasteiger partial charge is 0.338 e. The predicted molar refractivity (Wildman–Crippen MR) is 83.1 cm³/mol. The first-order valence-electron chi connectivity index (χ1n) is 6.59. The van der Waals surface area contributed by atoms with Crippen molar-refractivity contribution < 1.29 is 22.7 Å². The Bertz CT molecular complexity index is 666. The first-order chi connectivity index (χ1) is 10.2. The normalized spacial score (nSPS) is 12.3. The molecule has 1 aromatic carbocycles. The van der Waals surface area contributed by atoms with Crippen LogP contribution in [0.2, 0.25) is 0 Å². The molecule has 1 aromatic rings. The fourth-order valence-corrected chi connectivity index (χ4v) is 2.47. The Morgan fingerprint density at radius 1 is 1.41 bits per heavy atom. The van der Waals surface area contributed by atoms with Crippen molar-refractivity contribution >= 4 is 21.7 Å². The summed E-state index contributed by atoms with van der Waals surface area (Å²) < 4.78 is 27.6. The van der Waals surface area contributed by atoms with E-state index in [-0.39, 0.29) is 17.9 Å². The maximum atomic E-state index is 12.0. The summed E-state index contributed by atoms with van der Waals surface area (Å²) in [6.45, 7) is 5.21. The van der Waals surface area contributed by atoms with E-state index in [0.29, 0.717) is 5.56 Å². The van der Waals surface area contributed by atoms with Crippen LogP contribution in [0.4, 0.5) is 0 Å². The molecule has 0 bridgehead atoms. The van der Waals surface area contributed by atoms with Crippen molar-refractivity contribution in [3.63, 3.8) is 0 Å². The minimum Gasteiger partial charge on any atom is -0.449 e. The lowest BCUT2D eigenvalue weighted by molar-refractivity contribution is -0.128. The van der Waals surface area contributed by atoms with Crippen molar-refractivity contribution in [1.29, 1.82) is 0 Å². The standard InChI is InChI=1S/C15H19NO5S/c1-4-8-16-14(17)11(2)21-15(18)13-7-5-6-12(9-13)10-22(3,19)20/h4-7,9,11H,1,8,10H2,2-3H3,(H,16,17)/t11-/m1/s1. The van der Waals surface area contributed by atoms with Crippen molar-refractivity contribution in [2.24, 2.45) is 0 Å². The van der Waals surface area contributed by atoms with Crippen LogP contribution in [-0.2, 0) is 25.1 Å². The van der Waals surface area contributed by atoms with Gasteiger partial charge >= 0.3 is 5.97 Å². The van der Waals surface area contributed by atoms with Gasteiger partial charge in [-0.1, -0.05) is 18.2 Å². The molecule has 0 aliphatic carbocycles. The van der Waals surface area contributed by atoms with Crippen LogP contribution in [0.5, 0.6) is 0 Å². The zero-order chi connectivity index (χ0) is 16.8. The largest absolute Gasteiger partial charge is 0.449 e. The molecule has 0 fully saturated rings. The van der Waals surface area contributed by atoms with Crippen LogP contribution in [-0.4, -0.2) is 39.2 Å². The summed E-state index contributed by atoms with van der Waals surface area (Å²) in [6, 6.07) is 6.12. The van der Waals surface area contributed by atoms with Crippen molar-refractivity contribution in [2.75, 3.05) is 12.8 Å². The summed E-state index contributed by atoms with van der Waals surface area (Å²) in [5.74, 6) is -1.28. The van der Waals surface area contributed by atoms with Crippen molar-refractivity contribution in [3.05, 3.63) is 48.0 Å². The van der Waals surface area contributed by atoms with Gasteiger partial charge in [-0.3, -0.25) is 4.79 Å². The topological polar surface area (TPSA) is 89.5 Å². The number of carbonyl (C=O) groups is 2. The molecule has 22 heavy (non-hydrogen) atoms. The summed E-state index contributed by atoms with van der Waals surface area (Å²) in [5.41, 5.74) is 0.685. The minimum atomic E-state index is -3.19. The second-order valence-corrected chi connectivity index (χ2v) is 6.99. The Hall–Kier alpha value is -2.15. The van der Waals surface area contributed by atoms with E-state index < -0.39 is 27.8 Å². The van der Waals surface area contributed by atoms with Gasteiger partial charge in [0.05, 0.1) is 11.3 Å². The van der Waals surface area contributed by atoms with Crippen LogP contribution in [0.1, 0.15) is 22.8 Å². The number of hydrogen-bond acceptors (Lipinski definition) is 5. The molecule has 0 aromatic heterocycles. The van der Waals surface area contributed by atoms with Gasteiger partial charge in [0, 0.05) is 12.8 Å². The zero-order valence-corrected chi connectivity index (χ0v) is 13.4. The number of carbonyl (C=O) groups excluding carboxylic acids is 2. The van der Waals surface area contributed by atoms with E-state index in [1.165, 1.54) is 25.1 Å². The SMILES string of the molecule is C=CCNC(=O)[C@@H](C)OC(=O)c1cccc(CS(C)(=O)=O)c1. The van der Waals surface area contributed by atoms with Crippen LogP contribution in [0.15, 0.2) is 36.9 Å². The molecule has 0 saturated carbocycles. The Balaban J connectivity index is 2.75. The van der Waals surface area contributed by atoms with Crippen LogP contribution in [0.25, 0.3) is 0 Å². The maximum Gasteiger partial charge on any atom is 0.338 e. The zero-order valence-electron chi connectivity index (χ0n) is 12.5. The summed E-state index contributed by atoms with van der Waals surface area (Å²) in [6.07, 6.45) is 1.68. The number of amides is 1.